The van der Waals surface area contributed by atoms with Crippen LogP contribution >= 0.6 is 22.9 Å². The van der Waals surface area contributed by atoms with Gasteiger partial charge < -0.3 is 0 Å². The lowest BCUT2D eigenvalue weighted by Crippen LogP contribution is -2.26. The molecule has 1 aromatic heterocycles. The van der Waals surface area contributed by atoms with E-state index in [9.17, 15) is 13.2 Å². The Bertz CT molecular complexity index is 1100. The number of aromatic nitrogens is 2. The first kappa shape index (κ1) is 20.0. The van der Waals surface area contributed by atoms with Crippen LogP contribution < -0.4 is 9.62 Å². The summed E-state index contributed by atoms with van der Waals surface area (Å²) in [5, 5.41) is 10.5. The zero-order chi connectivity index (χ0) is 20.1. The molecule has 1 amide bonds. The monoisotopic (exact) mass is 434 g/mol. The second-order valence-electron chi connectivity index (χ2n) is 5.56. The van der Waals surface area contributed by atoms with Crippen LogP contribution in [0.5, 0.6) is 0 Å². The van der Waals surface area contributed by atoms with Crippen LogP contribution in [0.2, 0.25) is 5.02 Å². The standard InChI is InChI=1S/C18H15ClN4O3S2/c1-23(15-10-8-14(19)9-11-15)28(25,26)18-22-21-17(27-18)20-16(24)12-7-13-5-3-2-4-6-13/h2-12H,1H3,(H,20,21,24). The Morgan fingerprint density at radius 3 is 2.46 bits per heavy atom. The Balaban J connectivity index is 1.71. The van der Waals surface area contributed by atoms with E-state index in [1.165, 1.54) is 13.1 Å². The maximum Gasteiger partial charge on any atom is 0.293 e. The van der Waals surface area contributed by atoms with Crippen LogP contribution in [0.25, 0.3) is 6.08 Å². The van der Waals surface area contributed by atoms with Crippen molar-refractivity contribution in [2.45, 2.75) is 4.34 Å². The van der Waals surface area contributed by atoms with Gasteiger partial charge in [0.05, 0.1) is 5.69 Å². The average molecular weight is 435 g/mol. The third-order valence-corrected chi connectivity index (χ3v) is 6.86. The fraction of sp³-hybridized carbons (Fsp3) is 0.0556. The zero-order valence-corrected chi connectivity index (χ0v) is 17.0. The Hall–Kier alpha value is -2.75. The molecule has 0 aliphatic heterocycles. The molecular weight excluding hydrogens is 420 g/mol. The molecule has 0 unspecified atom stereocenters. The van der Waals surface area contributed by atoms with Crippen molar-refractivity contribution in [3.05, 3.63) is 71.3 Å². The number of rotatable bonds is 6. The van der Waals surface area contributed by atoms with E-state index >= 15 is 0 Å². The molecule has 0 aliphatic rings. The largest absolute Gasteiger partial charge is 0.297 e. The molecule has 0 atom stereocenters. The number of sulfonamides is 1. The molecule has 0 saturated carbocycles. The topological polar surface area (TPSA) is 92.3 Å². The Labute approximate surface area is 171 Å². The third-order valence-electron chi connectivity index (χ3n) is 3.63. The minimum atomic E-state index is -3.91. The summed E-state index contributed by atoms with van der Waals surface area (Å²) in [5.41, 5.74) is 1.29. The quantitative estimate of drug-likeness (QED) is 0.472. The van der Waals surface area contributed by atoms with Crippen molar-refractivity contribution in [2.75, 3.05) is 16.7 Å². The van der Waals surface area contributed by atoms with Crippen molar-refractivity contribution in [3.63, 3.8) is 0 Å². The summed E-state index contributed by atoms with van der Waals surface area (Å²) in [6, 6.07) is 15.6. The molecule has 0 spiro atoms. The normalized spacial score (nSPS) is 11.5. The van der Waals surface area contributed by atoms with E-state index in [1.807, 2.05) is 30.3 Å². The van der Waals surface area contributed by atoms with Crippen molar-refractivity contribution in [2.24, 2.45) is 0 Å². The Morgan fingerprint density at radius 2 is 1.79 bits per heavy atom. The number of benzene rings is 2. The van der Waals surface area contributed by atoms with E-state index in [4.69, 9.17) is 11.6 Å². The molecule has 3 rings (SSSR count). The molecule has 3 aromatic rings. The van der Waals surface area contributed by atoms with Gasteiger partial charge in [0.2, 0.25) is 11.0 Å². The minimum absolute atomic E-state index is 0.0887. The molecule has 7 nitrogen and oxygen atoms in total. The summed E-state index contributed by atoms with van der Waals surface area (Å²) in [7, 11) is -2.51. The predicted molar refractivity (Wildman–Crippen MR) is 111 cm³/mol. The number of carbonyl (C=O) groups is 1. The minimum Gasteiger partial charge on any atom is -0.297 e. The molecule has 10 heteroatoms. The highest BCUT2D eigenvalue weighted by molar-refractivity contribution is 7.94. The number of nitrogens with one attached hydrogen (secondary N) is 1. The first-order valence-corrected chi connectivity index (χ1v) is 10.6. The fourth-order valence-corrected chi connectivity index (χ4v) is 4.53. The van der Waals surface area contributed by atoms with Crippen LogP contribution in [0.4, 0.5) is 10.8 Å². The van der Waals surface area contributed by atoms with E-state index in [2.05, 4.69) is 15.5 Å². The highest BCUT2D eigenvalue weighted by atomic mass is 35.5. The number of hydrogen-bond donors (Lipinski definition) is 1. The Kier molecular flexibility index (Phi) is 6.08. The van der Waals surface area contributed by atoms with Crippen LogP contribution in [-0.2, 0) is 14.8 Å². The van der Waals surface area contributed by atoms with Crippen LogP contribution in [0, 0.1) is 0 Å². The van der Waals surface area contributed by atoms with Gasteiger partial charge in [-0.25, -0.2) is 0 Å². The molecule has 0 saturated heterocycles. The van der Waals surface area contributed by atoms with E-state index in [1.54, 1.807) is 30.3 Å². The summed E-state index contributed by atoms with van der Waals surface area (Å²) in [6.07, 6.45) is 2.98. The highest BCUT2D eigenvalue weighted by Crippen LogP contribution is 2.27. The number of anilines is 2. The summed E-state index contributed by atoms with van der Waals surface area (Å²) in [4.78, 5) is 12.0. The maximum atomic E-state index is 12.7. The summed E-state index contributed by atoms with van der Waals surface area (Å²) >= 11 is 6.60. The van der Waals surface area contributed by atoms with Crippen LogP contribution in [0.1, 0.15) is 5.56 Å². The van der Waals surface area contributed by atoms with Gasteiger partial charge in [-0.15, -0.1) is 10.2 Å². The third kappa shape index (κ3) is 4.75. The molecule has 0 fully saturated rings. The number of hydrogen-bond acceptors (Lipinski definition) is 6. The van der Waals surface area contributed by atoms with Gasteiger partial charge in [0, 0.05) is 18.1 Å². The summed E-state index contributed by atoms with van der Waals surface area (Å²) < 4.78 is 26.2. The average Bonchev–Trinajstić information content (AvgIpc) is 3.16. The summed E-state index contributed by atoms with van der Waals surface area (Å²) in [6.45, 7) is 0. The van der Waals surface area contributed by atoms with Gasteiger partial charge in [-0.3, -0.25) is 14.4 Å². The lowest BCUT2D eigenvalue weighted by molar-refractivity contribution is -0.111. The first-order chi connectivity index (χ1) is 13.4. The van der Waals surface area contributed by atoms with Gasteiger partial charge in [0.25, 0.3) is 14.4 Å². The van der Waals surface area contributed by atoms with E-state index in [-0.39, 0.29) is 9.47 Å². The highest BCUT2D eigenvalue weighted by Gasteiger charge is 2.26. The number of halogens is 1. The lowest BCUT2D eigenvalue weighted by Gasteiger charge is -2.17. The van der Waals surface area contributed by atoms with Crippen LogP contribution in [0.3, 0.4) is 0 Å². The molecule has 0 aliphatic carbocycles. The van der Waals surface area contributed by atoms with Gasteiger partial charge in [0.15, 0.2) is 0 Å². The molecule has 0 radical (unpaired) electrons. The molecule has 0 bridgehead atoms. The van der Waals surface area contributed by atoms with Crippen LogP contribution in [0.15, 0.2) is 65.0 Å². The van der Waals surface area contributed by atoms with E-state index in [0.29, 0.717) is 10.7 Å². The van der Waals surface area contributed by atoms with E-state index < -0.39 is 15.9 Å². The number of amides is 1. The van der Waals surface area contributed by atoms with Crippen molar-refractivity contribution < 1.29 is 13.2 Å². The number of nitrogens with zero attached hydrogens (tertiary/aromatic N) is 3. The SMILES string of the molecule is CN(c1ccc(Cl)cc1)S(=O)(=O)c1nnc(NC(=O)C=Cc2ccccc2)s1. The van der Waals surface area contributed by atoms with Crippen LogP contribution in [-0.4, -0.2) is 31.6 Å². The summed E-state index contributed by atoms with van der Waals surface area (Å²) in [5.74, 6) is -0.435. The predicted octanol–water partition coefficient (Wildman–Crippen LogP) is 3.67. The van der Waals surface area contributed by atoms with Crippen molar-refractivity contribution in [1.29, 1.82) is 0 Å². The lowest BCUT2D eigenvalue weighted by atomic mass is 10.2. The van der Waals surface area contributed by atoms with Gasteiger partial charge in [-0.05, 0) is 35.9 Å². The number of carbonyl (C=O) groups excluding carboxylic acids is 1. The smallest absolute Gasteiger partial charge is 0.293 e. The first-order valence-electron chi connectivity index (χ1n) is 7.98. The molecule has 1 heterocycles. The molecular formula is C18H15ClN4O3S2. The van der Waals surface area contributed by atoms with Gasteiger partial charge >= 0.3 is 0 Å². The maximum absolute atomic E-state index is 12.7. The Morgan fingerprint density at radius 1 is 1.11 bits per heavy atom. The fourth-order valence-electron chi connectivity index (χ4n) is 2.15. The van der Waals surface area contributed by atoms with Gasteiger partial charge in [0.1, 0.15) is 0 Å². The molecule has 2 aromatic carbocycles. The van der Waals surface area contributed by atoms with Crippen molar-refractivity contribution in [1.82, 2.24) is 10.2 Å². The molecule has 28 heavy (non-hydrogen) atoms. The molecule has 144 valence electrons. The van der Waals surface area contributed by atoms with Crippen molar-refractivity contribution in [3.8, 4) is 0 Å². The van der Waals surface area contributed by atoms with Crippen molar-refractivity contribution >= 4 is 55.8 Å². The molecule has 1 N–H and O–H groups in total. The second-order valence-corrected chi connectivity index (χ2v) is 9.11. The van der Waals surface area contributed by atoms with E-state index in [0.717, 1.165) is 21.2 Å². The van der Waals surface area contributed by atoms with Gasteiger partial charge in [-0.2, -0.15) is 8.42 Å². The second kappa shape index (κ2) is 8.51. The van der Waals surface area contributed by atoms with Gasteiger partial charge in [-0.1, -0.05) is 53.3 Å². The zero-order valence-electron chi connectivity index (χ0n) is 14.6.